The Morgan fingerprint density at radius 3 is 2.50 bits per heavy atom. The smallest absolute Gasteiger partial charge is 0.264 e. The first-order valence-corrected chi connectivity index (χ1v) is 11.8. The quantitative estimate of drug-likeness (QED) is 0.385. The van der Waals surface area contributed by atoms with Crippen molar-refractivity contribution < 1.29 is 14.3 Å². The third-order valence-electron chi connectivity index (χ3n) is 4.67. The average molecular weight is 512 g/mol. The van der Waals surface area contributed by atoms with Gasteiger partial charge < -0.3 is 15.4 Å². The molecule has 6 nitrogen and oxygen atoms in total. The molecule has 0 saturated carbocycles. The Hall–Kier alpha value is -3.26. The molecule has 1 saturated heterocycles. The van der Waals surface area contributed by atoms with Gasteiger partial charge in [0.15, 0.2) is 11.8 Å². The minimum Gasteiger partial charge on any atom is -0.484 e. The van der Waals surface area contributed by atoms with Gasteiger partial charge >= 0.3 is 0 Å². The van der Waals surface area contributed by atoms with Crippen LogP contribution in [0.3, 0.4) is 0 Å². The normalized spacial score (nSPS) is 15.4. The third kappa shape index (κ3) is 6.41. The highest BCUT2D eigenvalue weighted by molar-refractivity contribution is 8.18. The number of hydrogen-bond acceptors (Lipinski definition) is 5. The minimum absolute atomic E-state index is 0.169. The highest BCUT2D eigenvalue weighted by Gasteiger charge is 2.23. The van der Waals surface area contributed by atoms with Gasteiger partial charge in [-0.05, 0) is 72.8 Å². The maximum Gasteiger partial charge on any atom is 0.264 e. The summed E-state index contributed by atoms with van der Waals surface area (Å²) in [5.41, 5.74) is 3.27. The van der Waals surface area contributed by atoms with Crippen LogP contribution in [0.1, 0.15) is 11.1 Å². The lowest BCUT2D eigenvalue weighted by Crippen LogP contribution is -2.20. The number of halogens is 2. The summed E-state index contributed by atoms with van der Waals surface area (Å²) in [4.78, 5) is 29.4. The number of hydrogen-bond donors (Lipinski definition) is 2. The number of aryl methyl sites for hydroxylation is 1. The summed E-state index contributed by atoms with van der Waals surface area (Å²) in [6, 6.07) is 19.7. The Kier molecular flexibility index (Phi) is 7.57. The molecule has 2 N–H and O–H groups in total. The number of nitrogens with one attached hydrogen (secondary N) is 2. The van der Waals surface area contributed by atoms with Crippen molar-refractivity contribution >= 4 is 69.4 Å². The van der Waals surface area contributed by atoms with Crippen LogP contribution < -0.4 is 15.4 Å². The average Bonchev–Trinajstić information content (AvgIpc) is 3.16. The largest absolute Gasteiger partial charge is 0.484 e. The highest BCUT2D eigenvalue weighted by Crippen LogP contribution is 2.29. The monoisotopic (exact) mass is 511 g/mol. The van der Waals surface area contributed by atoms with Crippen molar-refractivity contribution in [2.24, 2.45) is 4.99 Å². The highest BCUT2D eigenvalue weighted by atomic mass is 35.5. The molecule has 0 aliphatic carbocycles. The van der Waals surface area contributed by atoms with Gasteiger partial charge in [-0.3, -0.25) is 9.59 Å². The molecule has 1 aliphatic heterocycles. The van der Waals surface area contributed by atoms with E-state index in [1.807, 2.05) is 43.3 Å². The second-order valence-corrected chi connectivity index (χ2v) is 9.20. The van der Waals surface area contributed by atoms with Gasteiger partial charge in [-0.1, -0.05) is 53.0 Å². The van der Waals surface area contributed by atoms with Crippen LogP contribution in [0, 0.1) is 6.92 Å². The van der Waals surface area contributed by atoms with E-state index < -0.39 is 0 Å². The van der Waals surface area contributed by atoms with Crippen molar-refractivity contribution in [1.82, 2.24) is 5.32 Å². The Morgan fingerprint density at radius 1 is 1.06 bits per heavy atom. The predicted octanol–water partition coefficient (Wildman–Crippen LogP) is 6.21. The lowest BCUT2D eigenvalue weighted by molar-refractivity contribution is -0.118. The zero-order valence-electron chi connectivity index (χ0n) is 18.0. The number of amidine groups is 1. The van der Waals surface area contributed by atoms with E-state index in [0.29, 0.717) is 31.6 Å². The number of amides is 2. The number of ether oxygens (including phenoxy) is 1. The molecule has 34 heavy (non-hydrogen) atoms. The van der Waals surface area contributed by atoms with Crippen LogP contribution in [0.4, 0.5) is 11.4 Å². The molecule has 2 amide bonds. The molecule has 0 unspecified atom stereocenters. The second kappa shape index (κ2) is 10.8. The molecule has 172 valence electrons. The molecule has 3 aromatic rings. The number of rotatable bonds is 6. The molecule has 3 aromatic carbocycles. The zero-order chi connectivity index (χ0) is 24.1. The zero-order valence-corrected chi connectivity index (χ0v) is 20.3. The van der Waals surface area contributed by atoms with Gasteiger partial charge in [0.1, 0.15) is 5.75 Å². The molecule has 0 atom stereocenters. The SMILES string of the molecule is Cc1ccc(N=C2NC(=O)/C(=C/c3ccc(OCC(=O)Nc4ccc(Cl)c(Cl)c4)cc3)S2)cc1. The van der Waals surface area contributed by atoms with E-state index in [1.165, 1.54) is 11.8 Å². The van der Waals surface area contributed by atoms with E-state index in [9.17, 15) is 9.59 Å². The van der Waals surface area contributed by atoms with Crippen LogP contribution in [-0.2, 0) is 9.59 Å². The summed E-state index contributed by atoms with van der Waals surface area (Å²) in [6.07, 6.45) is 1.78. The molecule has 9 heteroatoms. The Morgan fingerprint density at radius 2 is 1.79 bits per heavy atom. The number of nitrogens with zero attached hydrogens (tertiary/aromatic N) is 1. The second-order valence-electron chi connectivity index (χ2n) is 7.35. The summed E-state index contributed by atoms with van der Waals surface area (Å²) >= 11 is 13.1. The number of carbonyl (C=O) groups is 2. The van der Waals surface area contributed by atoms with E-state index in [1.54, 1.807) is 36.4 Å². The number of aliphatic imine (C=N–C) groups is 1. The molecule has 1 heterocycles. The van der Waals surface area contributed by atoms with Gasteiger partial charge in [0.05, 0.1) is 20.6 Å². The fraction of sp³-hybridized carbons (Fsp3) is 0.0800. The van der Waals surface area contributed by atoms with Crippen LogP contribution in [0.2, 0.25) is 10.0 Å². The first kappa shape index (κ1) is 23.9. The first-order chi connectivity index (χ1) is 16.4. The number of thioether (sulfide) groups is 1. The van der Waals surface area contributed by atoms with Crippen molar-refractivity contribution in [2.45, 2.75) is 6.92 Å². The molecule has 1 aliphatic rings. The van der Waals surface area contributed by atoms with Gasteiger partial charge in [-0.25, -0.2) is 4.99 Å². The van der Waals surface area contributed by atoms with E-state index in [0.717, 1.165) is 16.8 Å². The van der Waals surface area contributed by atoms with Gasteiger partial charge in [-0.15, -0.1) is 0 Å². The fourth-order valence-corrected chi connectivity index (χ4v) is 4.09. The minimum atomic E-state index is -0.330. The number of carbonyl (C=O) groups excluding carboxylic acids is 2. The summed E-state index contributed by atoms with van der Waals surface area (Å²) in [6.45, 7) is 1.84. The van der Waals surface area contributed by atoms with Crippen LogP contribution in [0.15, 0.2) is 76.6 Å². The molecule has 0 bridgehead atoms. The van der Waals surface area contributed by atoms with Crippen LogP contribution >= 0.6 is 35.0 Å². The van der Waals surface area contributed by atoms with Crippen LogP contribution in [0.5, 0.6) is 5.75 Å². The molecular formula is C25H19Cl2N3O3S. The lowest BCUT2D eigenvalue weighted by atomic mass is 10.2. The molecule has 0 radical (unpaired) electrons. The van der Waals surface area contributed by atoms with Crippen molar-refractivity contribution in [3.05, 3.63) is 92.8 Å². The van der Waals surface area contributed by atoms with Gasteiger partial charge in [-0.2, -0.15) is 0 Å². The van der Waals surface area contributed by atoms with Crippen molar-refractivity contribution in [1.29, 1.82) is 0 Å². The Balaban J connectivity index is 1.33. The van der Waals surface area contributed by atoms with Crippen LogP contribution in [0.25, 0.3) is 6.08 Å². The molecule has 1 fully saturated rings. The van der Waals surface area contributed by atoms with Crippen LogP contribution in [-0.4, -0.2) is 23.6 Å². The molecule has 0 spiro atoms. The van der Waals surface area contributed by atoms with E-state index >= 15 is 0 Å². The maximum absolute atomic E-state index is 12.3. The van der Waals surface area contributed by atoms with Gasteiger partial charge in [0, 0.05) is 5.69 Å². The molecule has 0 aromatic heterocycles. The topological polar surface area (TPSA) is 79.8 Å². The standard InChI is InChI=1S/C25H19Cl2N3O3S/c1-15-2-6-17(7-3-15)29-25-30-24(32)22(34-25)12-16-4-9-19(10-5-16)33-14-23(31)28-18-8-11-20(26)21(27)13-18/h2-13H,14H2,1H3,(H,28,31)(H,29,30,32)/b22-12-. The number of anilines is 1. The summed E-state index contributed by atoms with van der Waals surface area (Å²) in [7, 11) is 0. The lowest BCUT2D eigenvalue weighted by Gasteiger charge is -2.08. The molecule has 4 rings (SSSR count). The van der Waals surface area contributed by atoms with Gasteiger partial charge in [0.2, 0.25) is 0 Å². The summed E-state index contributed by atoms with van der Waals surface area (Å²) in [5.74, 6) is -0.00393. The fourth-order valence-electron chi connectivity index (χ4n) is 2.95. The number of benzene rings is 3. The van der Waals surface area contributed by atoms with Crippen molar-refractivity contribution in [2.75, 3.05) is 11.9 Å². The van der Waals surface area contributed by atoms with Crippen molar-refractivity contribution in [3.8, 4) is 5.75 Å². The Bertz CT molecular complexity index is 1290. The van der Waals surface area contributed by atoms with Gasteiger partial charge in [0.25, 0.3) is 11.8 Å². The van der Waals surface area contributed by atoms with E-state index in [2.05, 4.69) is 15.6 Å². The van der Waals surface area contributed by atoms with E-state index in [4.69, 9.17) is 27.9 Å². The maximum atomic E-state index is 12.3. The Labute approximate surface area is 211 Å². The van der Waals surface area contributed by atoms with Crippen molar-refractivity contribution in [3.63, 3.8) is 0 Å². The summed E-state index contributed by atoms with van der Waals surface area (Å²) in [5, 5.41) is 6.77. The summed E-state index contributed by atoms with van der Waals surface area (Å²) < 4.78 is 5.54. The first-order valence-electron chi connectivity index (χ1n) is 10.2. The molecular weight excluding hydrogens is 493 g/mol. The third-order valence-corrected chi connectivity index (χ3v) is 6.32. The predicted molar refractivity (Wildman–Crippen MR) is 139 cm³/mol. The van der Waals surface area contributed by atoms with E-state index in [-0.39, 0.29) is 18.4 Å².